The maximum Gasteiger partial charge on any atom is 0.119 e. The molecule has 1 radical (unpaired) electrons. The van der Waals surface area contributed by atoms with Gasteiger partial charge >= 0.3 is 0 Å². The number of hydrogen-bond acceptors (Lipinski definition) is 1. The second-order valence-electron chi connectivity index (χ2n) is 6.93. The number of hydrogen-bond donors (Lipinski definition) is 0. The van der Waals surface area contributed by atoms with E-state index in [1.54, 1.807) is 0 Å². The second-order valence-corrected chi connectivity index (χ2v) is 6.93. The van der Waals surface area contributed by atoms with Gasteiger partial charge in [-0.3, -0.25) is 0 Å². The molecule has 0 aliphatic heterocycles. The molecule has 0 saturated heterocycles. The zero-order valence-corrected chi connectivity index (χ0v) is 18.7. The molecule has 2 heteroatoms. The van der Waals surface area contributed by atoms with Crippen molar-refractivity contribution in [3.05, 3.63) is 66.2 Å². The first kappa shape index (κ1) is 23.3. The molecule has 0 spiro atoms. The van der Waals surface area contributed by atoms with E-state index in [2.05, 4.69) is 30.3 Å². The summed E-state index contributed by atoms with van der Waals surface area (Å²) in [5, 5.41) is 0. The maximum absolute atomic E-state index is 5.72. The van der Waals surface area contributed by atoms with E-state index >= 15 is 0 Å². The number of aryl methyl sites for hydroxylation is 1. The van der Waals surface area contributed by atoms with Crippen molar-refractivity contribution in [2.75, 3.05) is 6.61 Å². The number of ether oxygens (including phenoxy) is 1. The molecule has 2 rings (SSSR count). The van der Waals surface area contributed by atoms with Crippen LogP contribution in [0.1, 0.15) is 69.8 Å². The Hall–Kier alpha value is -0.760. The van der Waals surface area contributed by atoms with Crippen LogP contribution in [0.3, 0.4) is 0 Å². The van der Waals surface area contributed by atoms with Crippen LogP contribution in [0.25, 0.3) is 0 Å². The molecule has 2 aromatic rings. The van der Waals surface area contributed by atoms with Crippen LogP contribution in [-0.2, 0) is 6.42 Å². The fourth-order valence-corrected chi connectivity index (χ4v) is 3.20. The average Bonchev–Trinajstić information content (AvgIpc) is 2.67. The Kier molecular flexibility index (Phi) is 14.7. The van der Waals surface area contributed by atoms with E-state index in [-0.39, 0.29) is 29.6 Å². The van der Waals surface area contributed by atoms with Crippen molar-refractivity contribution in [2.45, 2.75) is 70.6 Å². The fourth-order valence-electron chi connectivity index (χ4n) is 3.20. The number of para-hydroxylation sites is 1. The Balaban J connectivity index is 0.00000338. The van der Waals surface area contributed by atoms with Crippen LogP contribution in [0.15, 0.2) is 60.7 Å². The molecular formula is C24H34NaO. The van der Waals surface area contributed by atoms with E-state index in [9.17, 15) is 0 Å². The van der Waals surface area contributed by atoms with Gasteiger partial charge in [0, 0.05) is 29.6 Å². The molecule has 0 amide bonds. The quantitative estimate of drug-likeness (QED) is 0.265. The molecule has 0 aliphatic carbocycles. The first-order chi connectivity index (χ1) is 12.4. The van der Waals surface area contributed by atoms with E-state index in [0.29, 0.717) is 0 Å². The average molecular weight is 362 g/mol. The van der Waals surface area contributed by atoms with Gasteiger partial charge in [-0.1, -0.05) is 99.9 Å². The van der Waals surface area contributed by atoms with Crippen LogP contribution >= 0.6 is 0 Å². The van der Waals surface area contributed by atoms with Gasteiger partial charge in [0.15, 0.2) is 0 Å². The van der Waals surface area contributed by atoms with Gasteiger partial charge < -0.3 is 4.74 Å². The Morgan fingerprint density at radius 2 is 0.962 bits per heavy atom. The van der Waals surface area contributed by atoms with Gasteiger partial charge in [-0.15, -0.1) is 0 Å². The predicted molar refractivity (Wildman–Crippen MR) is 114 cm³/mol. The summed E-state index contributed by atoms with van der Waals surface area (Å²) in [7, 11) is 0. The molecule has 0 fully saturated rings. The number of unbranched alkanes of at least 4 members (excludes halogenated alkanes) is 9. The van der Waals surface area contributed by atoms with E-state index in [1.807, 2.05) is 30.3 Å². The van der Waals surface area contributed by atoms with Crippen molar-refractivity contribution in [1.82, 2.24) is 0 Å². The summed E-state index contributed by atoms with van der Waals surface area (Å²) < 4.78 is 5.72. The predicted octanol–water partition coefficient (Wildman–Crippen LogP) is 6.83. The van der Waals surface area contributed by atoms with Crippen LogP contribution in [0.4, 0.5) is 0 Å². The van der Waals surface area contributed by atoms with Gasteiger partial charge in [-0.2, -0.15) is 0 Å². The summed E-state index contributed by atoms with van der Waals surface area (Å²) in [5.41, 5.74) is 1.48. The van der Waals surface area contributed by atoms with E-state index < -0.39 is 0 Å². The van der Waals surface area contributed by atoms with Crippen molar-refractivity contribution in [3.8, 4) is 5.75 Å². The monoisotopic (exact) mass is 361 g/mol. The molecule has 0 bridgehead atoms. The Morgan fingerprint density at radius 1 is 0.500 bits per heavy atom. The molecule has 0 atom stereocenters. The zero-order valence-electron chi connectivity index (χ0n) is 16.7. The molecule has 0 unspecified atom stereocenters. The zero-order chi connectivity index (χ0) is 17.4. The molecule has 0 N–H and O–H groups in total. The SMILES string of the molecule is [Na].c1ccc(CCCCCCCCCCCCOc2ccccc2)cc1. The van der Waals surface area contributed by atoms with Crippen LogP contribution in [-0.4, -0.2) is 36.2 Å². The summed E-state index contributed by atoms with van der Waals surface area (Å²) in [5.74, 6) is 0.995. The normalized spacial score (nSPS) is 10.3. The van der Waals surface area contributed by atoms with Gasteiger partial charge in [0.05, 0.1) is 6.61 Å². The summed E-state index contributed by atoms with van der Waals surface area (Å²) >= 11 is 0. The molecule has 137 valence electrons. The van der Waals surface area contributed by atoms with Crippen molar-refractivity contribution >= 4 is 29.6 Å². The molecular weight excluding hydrogens is 327 g/mol. The van der Waals surface area contributed by atoms with Crippen LogP contribution < -0.4 is 4.74 Å². The van der Waals surface area contributed by atoms with Gasteiger partial charge in [0.25, 0.3) is 0 Å². The Labute approximate surface area is 182 Å². The van der Waals surface area contributed by atoms with E-state index in [1.165, 1.54) is 76.2 Å². The van der Waals surface area contributed by atoms with Gasteiger partial charge in [-0.25, -0.2) is 0 Å². The first-order valence-electron chi connectivity index (χ1n) is 10.2. The van der Waals surface area contributed by atoms with Gasteiger partial charge in [0.1, 0.15) is 5.75 Å². The maximum atomic E-state index is 5.72. The minimum Gasteiger partial charge on any atom is -0.494 e. The van der Waals surface area contributed by atoms with Crippen molar-refractivity contribution in [1.29, 1.82) is 0 Å². The van der Waals surface area contributed by atoms with Crippen LogP contribution in [0, 0.1) is 0 Å². The fraction of sp³-hybridized carbons (Fsp3) is 0.500. The minimum absolute atomic E-state index is 0. The summed E-state index contributed by atoms with van der Waals surface area (Å²) in [6.07, 6.45) is 14.8. The topological polar surface area (TPSA) is 9.23 Å². The molecule has 2 aromatic carbocycles. The van der Waals surface area contributed by atoms with Crippen LogP contribution in [0.5, 0.6) is 5.75 Å². The first-order valence-corrected chi connectivity index (χ1v) is 10.2. The van der Waals surface area contributed by atoms with E-state index in [4.69, 9.17) is 4.74 Å². The largest absolute Gasteiger partial charge is 0.494 e. The molecule has 0 heterocycles. The molecule has 0 aliphatic rings. The van der Waals surface area contributed by atoms with Crippen molar-refractivity contribution in [2.24, 2.45) is 0 Å². The number of rotatable bonds is 14. The van der Waals surface area contributed by atoms with Crippen LogP contribution in [0.2, 0.25) is 0 Å². The third-order valence-corrected chi connectivity index (χ3v) is 4.71. The summed E-state index contributed by atoms with van der Waals surface area (Å²) in [4.78, 5) is 0. The Bertz CT molecular complexity index is 477. The molecule has 0 saturated carbocycles. The van der Waals surface area contributed by atoms with Crippen molar-refractivity contribution < 1.29 is 4.74 Å². The third-order valence-electron chi connectivity index (χ3n) is 4.71. The molecule has 26 heavy (non-hydrogen) atoms. The van der Waals surface area contributed by atoms with Gasteiger partial charge in [0.2, 0.25) is 0 Å². The standard InChI is InChI=1S/C24H34O.Na/c1(3-5-7-11-17-23-18-12-9-13-19-23)2-4-6-8-16-22-25-24-20-14-10-15-21-24;/h9-10,12-15,18-21H,1-8,11,16-17,22H2;. The Morgan fingerprint density at radius 3 is 1.54 bits per heavy atom. The summed E-state index contributed by atoms with van der Waals surface area (Å²) in [6, 6.07) is 21.0. The van der Waals surface area contributed by atoms with Crippen molar-refractivity contribution in [3.63, 3.8) is 0 Å². The van der Waals surface area contributed by atoms with Gasteiger partial charge in [-0.05, 0) is 37.0 Å². The minimum atomic E-state index is 0. The smallest absolute Gasteiger partial charge is 0.119 e. The summed E-state index contributed by atoms with van der Waals surface area (Å²) in [6.45, 7) is 0.853. The third kappa shape index (κ3) is 11.8. The second kappa shape index (κ2) is 16.4. The molecule has 1 nitrogen and oxygen atoms in total. The van der Waals surface area contributed by atoms with E-state index in [0.717, 1.165) is 12.4 Å². The molecule has 0 aromatic heterocycles. The number of benzene rings is 2.